The van der Waals surface area contributed by atoms with Crippen molar-refractivity contribution in [2.75, 3.05) is 10.8 Å². The van der Waals surface area contributed by atoms with Gasteiger partial charge in [0.15, 0.2) is 0 Å². The molecule has 0 saturated carbocycles. The van der Waals surface area contributed by atoms with Gasteiger partial charge in [-0.15, -0.1) is 0 Å². The lowest BCUT2D eigenvalue weighted by molar-refractivity contribution is -0.117. The van der Waals surface area contributed by atoms with Gasteiger partial charge in [-0.3, -0.25) is 9.59 Å². The van der Waals surface area contributed by atoms with Gasteiger partial charge in [-0.25, -0.2) is 13.4 Å². The maximum absolute atomic E-state index is 13.5. The van der Waals surface area contributed by atoms with Crippen LogP contribution in [0.5, 0.6) is 5.75 Å². The molecule has 0 aliphatic carbocycles. The van der Waals surface area contributed by atoms with Crippen LogP contribution in [0.25, 0.3) is 0 Å². The maximum atomic E-state index is 13.5. The van der Waals surface area contributed by atoms with Crippen molar-refractivity contribution in [2.24, 2.45) is 5.73 Å². The van der Waals surface area contributed by atoms with E-state index in [0.717, 1.165) is 10.4 Å². The fourth-order valence-electron chi connectivity index (χ4n) is 2.72. The minimum atomic E-state index is -4.04. The molecular formula is C16H14FN3O5S. The number of nitrogens with two attached hydrogens (primary N) is 1. The molecule has 2 aromatic carbocycles. The van der Waals surface area contributed by atoms with E-state index in [0.29, 0.717) is 11.1 Å². The van der Waals surface area contributed by atoms with Crippen LogP contribution in [0.2, 0.25) is 0 Å². The van der Waals surface area contributed by atoms with Gasteiger partial charge in [0.1, 0.15) is 18.1 Å². The molecule has 10 heteroatoms. The number of carbonyl (C=O) groups is 2. The molecule has 4 N–H and O–H groups in total. The molecule has 2 amide bonds. The standard InChI is InChI=1S/C16H14FN3O5S/c17-11-2-3-12(16(18)23)10(7-11)5-9-1-4-13(14(21)6-9)20-8-15(22)19-26(20,24)25/h1-4,6-7,21H,5,8H2,(H2,18,23)(H,19,22). The highest BCUT2D eigenvalue weighted by Crippen LogP contribution is 2.32. The van der Waals surface area contributed by atoms with Crippen LogP contribution >= 0.6 is 0 Å². The number of hydrogen-bond donors (Lipinski definition) is 3. The van der Waals surface area contributed by atoms with E-state index in [1.54, 1.807) is 4.72 Å². The zero-order valence-corrected chi connectivity index (χ0v) is 14.1. The zero-order chi connectivity index (χ0) is 19.1. The second kappa shape index (κ2) is 6.30. The third-order valence-electron chi connectivity index (χ3n) is 3.86. The number of amides is 2. The summed E-state index contributed by atoms with van der Waals surface area (Å²) in [5.74, 6) is -2.34. The third-order valence-corrected chi connectivity index (χ3v) is 5.25. The Hall–Kier alpha value is -3.14. The zero-order valence-electron chi connectivity index (χ0n) is 13.3. The van der Waals surface area contributed by atoms with E-state index >= 15 is 0 Å². The molecule has 26 heavy (non-hydrogen) atoms. The Balaban J connectivity index is 1.93. The van der Waals surface area contributed by atoms with Crippen LogP contribution in [0, 0.1) is 5.82 Å². The number of benzene rings is 2. The van der Waals surface area contributed by atoms with Crippen LogP contribution < -0.4 is 14.8 Å². The first-order valence-electron chi connectivity index (χ1n) is 7.41. The summed E-state index contributed by atoms with van der Waals surface area (Å²) in [5.41, 5.74) is 6.18. The summed E-state index contributed by atoms with van der Waals surface area (Å²) in [6.07, 6.45) is 0.0911. The average Bonchev–Trinajstić information content (AvgIpc) is 2.79. The molecule has 0 bridgehead atoms. The van der Waals surface area contributed by atoms with E-state index in [4.69, 9.17) is 5.73 Å². The SMILES string of the molecule is NC(=O)c1ccc(F)cc1Cc1ccc(N2CC(=O)NS2(=O)=O)c(O)c1. The second-order valence-electron chi connectivity index (χ2n) is 5.70. The molecule has 0 aromatic heterocycles. The summed E-state index contributed by atoms with van der Waals surface area (Å²) in [7, 11) is -4.04. The summed E-state index contributed by atoms with van der Waals surface area (Å²) >= 11 is 0. The molecule has 1 saturated heterocycles. The van der Waals surface area contributed by atoms with E-state index in [-0.39, 0.29) is 23.4 Å². The van der Waals surface area contributed by atoms with Crippen molar-refractivity contribution in [2.45, 2.75) is 6.42 Å². The first-order valence-corrected chi connectivity index (χ1v) is 8.85. The van der Waals surface area contributed by atoms with Crippen LogP contribution in [-0.4, -0.2) is 31.9 Å². The number of primary amides is 1. The number of nitrogens with one attached hydrogen (secondary N) is 1. The molecule has 1 heterocycles. The minimum absolute atomic E-state index is 0.0681. The second-order valence-corrected chi connectivity index (χ2v) is 7.30. The number of anilines is 1. The Labute approximate surface area is 148 Å². The van der Waals surface area contributed by atoms with E-state index < -0.39 is 34.4 Å². The van der Waals surface area contributed by atoms with E-state index in [9.17, 15) is 27.5 Å². The number of nitrogens with zero attached hydrogens (tertiary/aromatic N) is 1. The van der Waals surface area contributed by atoms with E-state index in [1.807, 2.05) is 0 Å². The number of phenols is 1. The van der Waals surface area contributed by atoms with Crippen LogP contribution in [-0.2, 0) is 21.4 Å². The van der Waals surface area contributed by atoms with Crippen LogP contribution in [0.3, 0.4) is 0 Å². The largest absolute Gasteiger partial charge is 0.506 e. The predicted octanol–water partition coefficient (Wildman–Crippen LogP) is 0.402. The first-order chi connectivity index (χ1) is 12.2. The Morgan fingerprint density at radius 1 is 1.27 bits per heavy atom. The number of rotatable bonds is 4. The number of carbonyl (C=O) groups excluding carboxylic acids is 2. The Morgan fingerprint density at radius 3 is 2.58 bits per heavy atom. The van der Waals surface area contributed by atoms with Gasteiger partial charge >= 0.3 is 10.2 Å². The van der Waals surface area contributed by atoms with Gasteiger partial charge in [0, 0.05) is 5.56 Å². The number of halogens is 1. The lowest BCUT2D eigenvalue weighted by atomic mass is 9.98. The summed E-state index contributed by atoms with van der Waals surface area (Å²) in [4.78, 5) is 22.8. The highest BCUT2D eigenvalue weighted by atomic mass is 32.2. The smallest absolute Gasteiger partial charge is 0.326 e. The molecule has 1 aliphatic heterocycles. The van der Waals surface area contributed by atoms with Crippen molar-refractivity contribution < 1.29 is 27.5 Å². The topological polar surface area (TPSA) is 130 Å². The molecular weight excluding hydrogens is 365 g/mol. The van der Waals surface area contributed by atoms with Crippen molar-refractivity contribution in [3.63, 3.8) is 0 Å². The Bertz CT molecular complexity index is 1020. The lowest BCUT2D eigenvalue weighted by Crippen LogP contribution is -2.29. The number of aromatic hydroxyl groups is 1. The summed E-state index contributed by atoms with van der Waals surface area (Å²) in [6, 6.07) is 7.67. The molecule has 8 nitrogen and oxygen atoms in total. The van der Waals surface area contributed by atoms with Gasteiger partial charge < -0.3 is 10.8 Å². The Morgan fingerprint density at radius 2 is 2.00 bits per heavy atom. The molecule has 0 unspecified atom stereocenters. The van der Waals surface area contributed by atoms with Gasteiger partial charge in [0.2, 0.25) is 5.91 Å². The van der Waals surface area contributed by atoms with Crippen molar-refractivity contribution in [1.29, 1.82) is 0 Å². The molecule has 0 spiro atoms. The van der Waals surface area contributed by atoms with Crippen molar-refractivity contribution in [1.82, 2.24) is 4.72 Å². The summed E-state index contributed by atoms with van der Waals surface area (Å²) < 4.78 is 39.7. The fraction of sp³-hybridized carbons (Fsp3) is 0.125. The molecule has 2 aromatic rings. The summed E-state index contributed by atoms with van der Waals surface area (Å²) in [6.45, 7) is -0.440. The minimum Gasteiger partial charge on any atom is -0.506 e. The van der Waals surface area contributed by atoms with Gasteiger partial charge in [-0.2, -0.15) is 8.42 Å². The van der Waals surface area contributed by atoms with Crippen molar-refractivity contribution in [3.05, 3.63) is 58.9 Å². The lowest BCUT2D eigenvalue weighted by Gasteiger charge is -2.17. The van der Waals surface area contributed by atoms with Crippen LogP contribution in [0.15, 0.2) is 36.4 Å². The predicted molar refractivity (Wildman–Crippen MR) is 90.2 cm³/mol. The highest BCUT2D eigenvalue weighted by Gasteiger charge is 2.35. The molecule has 0 atom stereocenters. The third kappa shape index (κ3) is 3.31. The van der Waals surface area contributed by atoms with Gasteiger partial charge in [-0.05, 0) is 47.9 Å². The fourth-order valence-corrected chi connectivity index (χ4v) is 3.88. The van der Waals surface area contributed by atoms with Crippen molar-refractivity contribution in [3.8, 4) is 5.75 Å². The summed E-state index contributed by atoms with van der Waals surface area (Å²) in [5, 5.41) is 10.2. The number of hydrogen-bond acceptors (Lipinski definition) is 5. The van der Waals surface area contributed by atoms with Gasteiger partial charge in [0.25, 0.3) is 5.91 Å². The molecule has 3 rings (SSSR count). The molecule has 1 fully saturated rings. The quantitative estimate of drug-likeness (QED) is 0.708. The number of phenolic OH excluding ortho intramolecular Hbond substituents is 1. The molecule has 1 aliphatic rings. The molecule has 136 valence electrons. The molecule has 0 radical (unpaired) electrons. The van der Waals surface area contributed by atoms with E-state index in [1.165, 1.54) is 30.3 Å². The normalized spacial score (nSPS) is 15.7. The van der Waals surface area contributed by atoms with Gasteiger partial charge in [0.05, 0.1) is 5.69 Å². The average molecular weight is 379 g/mol. The first kappa shape index (κ1) is 17.7. The highest BCUT2D eigenvalue weighted by molar-refractivity contribution is 7.92. The van der Waals surface area contributed by atoms with E-state index in [2.05, 4.69) is 0 Å². The monoisotopic (exact) mass is 379 g/mol. The van der Waals surface area contributed by atoms with Crippen LogP contribution in [0.4, 0.5) is 10.1 Å². The Kier molecular flexibility index (Phi) is 4.28. The van der Waals surface area contributed by atoms with Gasteiger partial charge in [-0.1, -0.05) is 6.07 Å². The maximum Gasteiger partial charge on any atom is 0.326 e. The van der Waals surface area contributed by atoms with Crippen molar-refractivity contribution >= 4 is 27.7 Å². The van der Waals surface area contributed by atoms with Crippen LogP contribution in [0.1, 0.15) is 21.5 Å².